The number of nitro benzene ring substituents is 1. The van der Waals surface area contributed by atoms with Crippen LogP contribution in [0.5, 0.6) is 0 Å². The Balaban J connectivity index is 1.89. The number of piperidine rings is 1. The zero-order valence-electron chi connectivity index (χ0n) is 15.5. The van der Waals surface area contributed by atoms with Gasteiger partial charge in [-0.25, -0.2) is 8.42 Å². The van der Waals surface area contributed by atoms with Gasteiger partial charge >= 0.3 is 0 Å². The van der Waals surface area contributed by atoms with Gasteiger partial charge in [0.15, 0.2) is 0 Å². The third-order valence-electron chi connectivity index (χ3n) is 5.23. The predicted molar refractivity (Wildman–Crippen MR) is 98.9 cm³/mol. The molecule has 1 aromatic rings. The van der Waals surface area contributed by atoms with Gasteiger partial charge in [-0.05, 0) is 38.3 Å². The molecule has 9 nitrogen and oxygen atoms in total. The van der Waals surface area contributed by atoms with Crippen LogP contribution >= 0.6 is 0 Å². The number of sulfonamides is 1. The van der Waals surface area contributed by atoms with Crippen molar-refractivity contribution < 1.29 is 18.1 Å². The monoisotopic (exact) mass is 396 g/mol. The van der Waals surface area contributed by atoms with Crippen LogP contribution in [0.25, 0.3) is 0 Å². The summed E-state index contributed by atoms with van der Waals surface area (Å²) in [6.45, 7) is 5.33. The molecule has 0 saturated carbocycles. The molecule has 0 radical (unpaired) electrons. The number of nitro groups is 1. The van der Waals surface area contributed by atoms with Crippen molar-refractivity contribution in [3.05, 3.63) is 33.4 Å². The number of carbonyl (C=O) groups is 1. The molecule has 3 rings (SSSR count). The molecule has 1 unspecified atom stereocenters. The summed E-state index contributed by atoms with van der Waals surface area (Å²) < 4.78 is 27.7. The summed E-state index contributed by atoms with van der Waals surface area (Å²) in [5, 5.41) is 14.2. The third kappa shape index (κ3) is 3.83. The number of piperazine rings is 1. The largest absolute Gasteiger partial charge is 0.336 e. The van der Waals surface area contributed by atoms with E-state index in [2.05, 4.69) is 5.32 Å². The normalized spacial score (nSPS) is 22.1. The van der Waals surface area contributed by atoms with Crippen molar-refractivity contribution in [2.75, 3.05) is 32.7 Å². The van der Waals surface area contributed by atoms with Crippen molar-refractivity contribution in [3.8, 4) is 0 Å². The van der Waals surface area contributed by atoms with Crippen molar-refractivity contribution in [2.24, 2.45) is 0 Å². The lowest BCUT2D eigenvalue weighted by atomic mass is 10.1. The highest BCUT2D eigenvalue weighted by Gasteiger charge is 2.36. The Morgan fingerprint density at radius 2 is 1.96 bits per heavy atom. The summed E-state index contributed by atoms with van der Waals surface area (Å²) in [5.74, 6) is -0.0207. The summed E-state index contributed by atoms with van der Waals surface area (Å²) >= 11 is 0. The third-order valence-corrected chi connectivity index (χ3v) is 7.24. The zero-order chi connectivity index (χ0) is 19.8. The quantitative estimate of drug-likeness (QED) is 0.595. The molecular weight excluding hydrogens is 372 g/mol. The Morgan fingerprint density at radius 1 is 1.22 bits per heavy atom. The van der Waals surface area contributed by atoms with E-state index in [0.29, 0.717) is 37.2 Å². The molecule has 0 spiro atoms. The van der Waals surface area contributed by atoms with E-state index < -0.39 is 14.9 Å². The molecule has 0 aromatic heterocycles. The number of nitrogens with zero attached hydrogens (tertiary/aromatic N) is 3. The van der Waals surface area contributed by atoms with Gasteiger partial charge in [0.1, 0.15) is 0 Å². The molecule has 2 heterocycles. The van der Waals surface area contributed by atoms with Gasteiger partial charge in [0.25, 0.3) is 5.69 Å². The maximum absolute atomic E-state index is 13.2. The SMILES string of the molecule is Cc1cc(C)c(S(=O)(=O)N2CCCC(N3CCNCC3=O)C2)cc1[N+](=O)[O-]. The minimum absolute atomic E-state index is 0.0207. The number of hydrogen-bond acceptors (Lipinski definition) is 6. The second-order valence-corrected chi connectivity index (χ2v) is 8.99. The van der Waals surface area contributed by atoms with Crippen molar-refractivity contribution in [1.82, 2.24) is 14.5 Å². The highest BCUT2D eigenvalue weighted by molar-refractivity contribution is 7.89. The first-order valence-electron chi connectivity index (χ1n) is 8.98. The molecule has 148 valence electrons. The Morgan fingerprint density at radius 3 is 2.63 bits per heavy atom. The average molecular weight is 396 g/mol. The van der Waals surface area contributed by atoms with E-state index in [0.717, 1.165) is 12.5 Å². The molecule has 2 aliphatic heterocycles. The van der Waals surface area contributed by atoms with Gasteiger partial charge in [0, 0.05) is 43.9 Å². The Bertz CT molecular complexity index is 870. The number of rotatable bonds is 4. The van der Waals surface area contributed by atoms with Crippen LogP contribution in [0, 0.1) is 24.0 Å². The summed E-state index contributed by atoms with van der Waals surface area (Å²) in [4.78, 5) is 24.5. The summed E-state index contributed by atoms with van der Waals surface area (Å²) in [7, 11) is -3.88. The molecule has 2 aliphatic rings. The fraction of sp³-hybridized carbons (Fsp3) is 0.588. The van der Waals surface area contributed by atoms with E-state index in [1.54, 1.807) is 18.7 Å². The maximum atomic E-state index is 13.2. The standard InChI is InChI=1S/C17H24N4O5S/c1-12-8-13(2)16(9-15(12)21(23)24)27(25,26)19-6-3-4-14(11-19)20-7-5-18-10-17(20)22/h8-9,14,18H,3-7,10-11H2,1-2H3. The van der Waals surface area contributed by atoms with Crippen LogP contribution < -0.4 is 5.32 Å². The van der Waals surface area contributed by atoms with Gasteiger partial charge in [0.2, 0.25) is 15.9 Å². The van der Waals surface area contributed by atoms with Crippen LogP contribution in [-0.4, -0.2) is 67.2 Å². The zero-order valence-corrected chi connectivity index (χ0v) is 16.3. The van der Waals surface area contributed by atoms with E-state index in [-0.39, 0.29) is 35.6 Å². The lowest BCUT2D eigenvalue weighted by Gasteiger charge is -2.40. The Labute approximate surface area is 158 Å². The topological polar surface area (TPSA) is 113 Å². The van der Waals surface area contributed by atoms with E-state index in [1.165, 1.54) is 10.4 Å². The first-order valence-corrected chi connectivity index (χ1v) is 10.4. The van der Waals surface area contributed by atoms with Gasteiger partial charge < -0.3 is 10.2 Å². The number of aryl methyl sites for hydroxylation is 2. The van der Waals surface area contributed by atoms with Crippen LogP contribution in [0.15, 0.2) is 17.0 Å². The van der Waals surface area contributed by atoms with Crippen LogP contribution in [0.2, 0.25) is 0 Å². The molecule has 2 fully saturated rings. The summed E-state index contributed by atoms with van der Waals surface area (Å²) in [6, 6.07) is 2.52. The number of nitrogens with one attached hydrogen (secondary N) is 1. The predicted octanol–water partition coefficient (Wildman–Crippen LogP) is 0.797. The average Bonchev–Trinajstić information content (AvgIpc) is 2.61. The van der Waals surface area contributed by atoms with Gasteiger partial charge in [-0.15, -0.1) is 0 Å². The molecule has 1 amide bonds. The van der Waals surface area contributed by atoms with E-state index >= 15 is 0 Å². The molecule has 1 atom stereocenters. The first-order chi connectivity index (χ1) is 12.7. The fourth-order valence-corrected chi connectivity index (χ4v) is 5.58. The molecule has 0 aliphatic carbocycles. The van der Waals surface area contributed by atoms with Gasteiger partial charge in [0.05, 0.1) is 16.4 Å². The van der Waals surface area contributed by atoms with Crippen LogP contribution in [-0.2, 0) is 14.8 Å². The smallest absolute Gasteiger partial charge is 0.273 e. The molecule has 27 heavy (non-hydrogen) atoms. The first kappa shape index (κ1) is 19.7. The van der Waals surface area contributed by atoms with Gasteiger partial charge in [-0.3, -0.25) is 14.9 Å². The van der Waals surface area contributed by atoms with Crippen molar-refractivity contribution in [1.29, 1.82) is 0 Å². The second kappa shape index (κ2) is 7.53. The number of carbonyl (C=O) groups excluding carboxylic acids is 1. The number of amides is 1. The Kier molecular flexibility index (Phi) is 5.50. The molecule has 10 heteroatoms. The Hall–Kier alpha value is -2.04. The highest BCUT2D eigenvalue weighted by atomic mass is 32.2. The van der Waals surface area contributed by atoms with Crippen molar-refractivity contribution >= 4 is 21.6 Å². The molecule has 1 N–H and O–H groups in total. The maximum Gasteiger partial charge on any atom is 0.273 e. The molecule has 1 aromatic carbocycles. The van der Waals surface area contributed by atoms with E-state index in [9.17, 15) is 23.3 Å². The van der Waals surface area contributed by atoms with Gasteiger partial charge in [-0.2, -0.15) is 4.31 Å². The lowest BCUT2D eigenvalue weighted by Crippen LogP contribution is -2.57. The van der Waals surface area contributed by atoms with E-state index in [1.807, 2.05) is 0 Å². The second-order valence-electron chi connectivity index (χ2n) is 7.08. The molecule has 0 bridgehead atoms. The summed E-state index contributed by atoms with van der Waals surface area (Å²) in [5.41, 5.74) is 0.711. The van der Waals surface area contributed by atoms with E-state index in [4.69, 9.17) is 0 Å². The van der Waals surface area contributed by atoms with Gasteiger partial charge in [-0.1, -0.05) is 0 Å². The molecule has 2 saturated heterocycles. The van der Waals surface area contributed by atoms with Crippen LogP contribution in [0.3, 0.4) is 0 Å². The minimum atomic E-state index is -3.88. The highest BCUT2D eigenvalue weighted by Crippen LogP contribution is 2.30. The van der Waals surface area contributed by atoms with Crippen molar-refractivity contribution in [2.45, 2.75) is 37.6 Å². The lowest BCUT2D eigenvalue weighted by molar-refractivity contribution is -0.385. The number of hydrogen-bond donors (Lipinski definition) is 1. The summed E-state index contributed by atoms with van der Waals surface area (Å²) in [6.07, 6.45) is 1.40. The number of benzene rings is 1. The van der Waals surface area contributed by atoms with Crippen molar-refractivity contribution in [3.63, 3.8) is 0 Å². The molecular formula is C17H24N4O5S. The fourth-order valence-electron chi connectivity index (χ4n) is 3.84. The van der Waals surface area contributed by atoms with Crippen LogP contribution in [0.1, 0.15) is 24.0 Å². The van der Waals surface area contributed by atoms with Crippen LogP contribution in [0.4, 0.5) is 5.69 Å². The minimum Gasteiger partial charge on any atom is -0.336 e.